The maximum Gasteiger partial charge on any atom is 0.321 e. The maximum atomic E-state index is 11.6. The maximum absolute atomic E-state index is 11.6. The first kappa shape index (κ1) is 17.2. The van der Waals surface area contributed by atoms with Crippen molar-refractivity contribution in [2.75, 3.05) is 22.6 Å². The van der Waals surface area contributed by atoms with Gasteiger partial charge in [-0.15, -0.1) is 11.8 Å². The van der Waals surface area contributed by atoms with Crippen LogP contribution < -0.4 is 11.1 Å². The van der Waals surface area contributed by atoms with Crippen LogP contribution in [-0.2, 0) is 9.59 Å². The normalized spacial score (nSPS) is 12.1. The summed E-state index contributed by atoms with van der Waals surface area (Å²) in [5, 5.41) is 12.3. The Labute approximate surface area is 129 Å². The zero-order chi connectivity index (χ0) is 15.0. The summed E-state index contributed by atoms with van der Waals surface area (Å²) >= 11 is 3.85. The van der Waals surface area contributed by atoms with E-state index < -0.39 is 12.0 Å². The molecule has 1 atom stereocenters. The zero-order valence-corrected chi connectivity index (χ0v) is 13.3. The molecule has 0 fully saturated rings. The summed E-state index contributed by atoms with van der Waals surface area (Å²) < 4.78 is 4.11. The fourth-order valence-corrected chi connectivity index (χ4v) is 3.20. The smallest absolute Gasteiger partial charge is 0.321 e. The van der Waals surface area contributed by atoms with E-state index in [0.717, 1.165) is 23.7 Å². The molecule has 1 aromatic rings. The number of anilines is 1. The van der Waals surface area contributed by atoms with E-state index in [1.165, 1.54) is 11.8 Å². The van der Waals surface area contributed by atoms with Crippen LogP contribution in [0.3, 0.4) is 0 Å². The van der Waals surface area contributed by atoms with Crippen molar-refractivity contribution in [3.63, 3.8) is 0 Å². The van der Waals surface area contributed by atoms with Crippen molar-refractivity contribution in [1.29, 1.82) is 0 Å². The molecule has 10 heteroatoms. The highest BCUT2D eigenvalue weighted by molar-refractivity contribution is 8.00. The molecule has 20 heavy (non-hydrogen) atoms. The number of carboxylic acids is 1. The summed E-state index contributed by atoms with van der Waals surface area (Å²) in [6.45, 7) is 2.07. The highest BCUT2D eigenvalue weighted by Crippen LogP contribution is 2.20. The van der Waals surface area contributed by atoms with Gasteiger partial charge in [0.15, 0.2) is 0 Å². The Morgan fingerprint density at radius 2 is 2.30 bits per heavy atom. The van der Waals surface area contributed by atoms with Gasteiger partial charge in [0.05, 0.1) is 5.75 Å². The van der Waals surface area contributed by atoms with E-state index in [1.807, 2.05) is 0 Å². The number of aromatic nitrogens is 2. The van der Waals surface area contributed by atoms with Gasteiger partial charge in [-0.2, -0.15) is 9.36 Å². The Balaban J connectivity index is 2.28. The molecular formula is C10H16N4O3S3. The summed E-state index contributed by atoms with van der Waals surface area (Å²) in [7, 11) is 0. The number of thioether (sulfide) groups is 2. The summed E-state index contributed by atoms with van der Waals surface area (Å²) in [5.74, 6) is -0.0444. The van der Waals surface area contributed by atoms with E-state index in [9.17, 15) is 9.59 Å². The van der Waals surface area contributed by atoms with Crippen molar-refractivity contribution in [3.8, 4) is 0 Å². The lowest BCUT2D eigenvalue weighted by atomic mass is 10.4. The number of nitrogens with one attached hydrogen (secondary N) is 1. The summed E-state index contributed by atoms with van der Waals surface area (Å²) in [6, 6.07) is -0.952. The molecule has 0 saturated carbocycles. The largest absolute Gasteiger partial charge is 0.480 e. The van der Waals surface area contributed by atoms with Crippen molar-refractivity contribution in [2.45, 2.75) is 24.5 Å². The number of nitrogens with zero attached hydrogens (tertiary/aromatic N) is 2. The highest BCUT2D eigenvalue weighted by Gasteiger charge is 2.13. The van der Waals surface area contributed by atoms with Gasteiger partial charge in [0.25, 0.3) is 0 Å². The van der Waals surface area contributed by atoms with Crippen molar-refractivity contribution in [1.82, 2.24) is 9.36 Å². The Morgan fingerprint density at radius 1 is 1.55 bits per heavy atom. The van der Waals surface area contributed by atoms with Crippen LogP contribution in [0.25, 0.3) is 0 Å². The first-order chi connectivity index (χ1) is 9.52. The lowest BCUT2D eigenvalue weighted by molar-refractivity contribution is -0.137. The zero-order valence-electron chi connectivity index (χ0n) is 10.9. The molecule has 1 heterocycles. The lowest BCUT2D eigenvalue weighted by Gasteiger charge is -2.05. The van der Waals surface area contributed by atoms with Crippen molar-refractivity contribution < 1.29 is 14.7 Å². The van der Waals surface area contributed by atoms with Crippen molar-refractivity contribution in [2.24, 2.45) is 5.73 Å². The summed E-state index contributed by atoms with van der Waals surface area (Å²) in [5.41, 5.74) is 5.33. The minimum Gasteiger partial charge on any atom is -0.480 e. The number of rotatable bonds is 9. The van der Waals surface area contributed by atoms with E-state index in [-0.39, 0.29) is 17.4 Å². The molecule has 0 aliphatic heterocycles. The average molecular weight is 336 g/mol. The molecule has 0 spiro atoms. The number of carbonyl (C=O) groups is 2. The van der Waals surface area contributed by atoms with Crippen LogP contribution in [0.2, 0.25) is 0 Å². The average Bonchev–Trinajstić information content (AvgIpc) is 2.83. The standard InChI is InChI=1S/C10H16N4O3S3/c1-2-3-19-10-13-9(20-14-10)12-7(15)5-18-4-6(11)8(16)17/h6H,2-5,11H2,1H3,(H,16,17)(H,12,13,14,15). The minimum atomic E-state index is -1.07. The van der Waals surface area contributed by atoms with E-state index in [0.29, 0.717) is 10.3 Å². The lowest BCUT2D eigenvalue weighted by Crippen LogP contribution is -2.33. The van der Waals surface area contributed by atoms with Gasteiger partial charge in [0, 0.05) is 23.0 Å². The van der Waals surface area contributed by atoms with Crippen LogP contribution in [0, 0.1) is 0 Å². The van der Waals surface area contributed by atoms with Gasteiger partial charge < -0.3 is 10.8 Å². The molecule has 0 radical (unpaired) electrons. The van der Waals surface area contributed by atoms with Gasteiger partial charge in [-0.3, -0.25) is 14.9 Å². The number of hydrogen-bond acceptors (Lipinski definition) is 8. The fraction of sp³-hybridized carbons (Fsp3) is 0.600. The molecule has 0 aromatic carbocycles. The van der Waals surface area contributed by atoms with Crippen LogP contribution in [0.1, 0.15) is 13.3 Å². The number of hydrogen-bond donors (Lipinski definition) is 3. The molecular weight excluding hydrogens is 320 g/mol. The van der Waals surface area contributed by atoms with Crippen LogP contribution in [-0.4, -0.2) is 49.6 Å². The van der Waals surface area contributed by atoms with E-state index in [1.54, 1.807) is 11.8 Å². The number of carbonyl (C=O) groups excluding carboxylic acids is 1. The third kappa shape index (κ3) is 6.55. The summed E-state index contributed by atoms with van der Waals surface area (Å²) in [6.07, 6.45) is 1.03. The third-order valence-electron chi connectivity index (χ3n) is 1.94. The molecule has 0 bridgehead atoms. The second-order valence-electron chi connectivity index (χ2n) is 3.74. The monoisotopic (exact) mass is 336 g/mol. The predicted octanol–water partition coefficient (Wildman–Crippen LogP) is 1.12. The molecule has 7 nitrogen and oxygen atoms in total. The molecule has 1 rings (SSSR count). The SMILES string of the molecule is CCCSc1nsc(NC(=O)CSCC(N)C(=O)O)n1. The van der Waals surface area contributed by atoms with E-state index in [4.69, 9.17) is 10.8 Å². The van der Waals surface area contributed by atoms with Gasteiger partial charge in [0.1, 0.15) is 6.04 Å². The first-order valence-corrected chi connectivity index (χ1v) is 8.76. The van der Waals surface area contributed by atoms with Crippen LogP contribution >= 0.6 is 35.1 Å². The Morgan fingerprint density at radius 3 is 2.95 bits per heavy atom. The van der Waals surface area contributed by atoms with Crippen LogP contribution in [0.15, 0.2) is 5.16 Å². The highest BCUT2D eigenvalue weighted by atomic mass is 32.2. The molecule has 1 unspecified atom stereocenters. The van der Waals surface area contributed by atoms with Gasteiger partial charge in [0.2, 0.25) is 16.2 Å². The quantitative estimate of drug-likeness (QED) is 0.574. The second-order valence-corrected chi connectivity index (χ2v) is 6.58. The van der Waals surface area contributed by atoms with Gasteiger partial charge in [-0.05, 0) is 6.42 Å². The first-order valence-electron chi connectivity index (χ1n) is 5.85. The van der Waals surface area contributed by atoms with Gasteiger partial charge in [-0.1, -0.05) is 18.7 Å². The number of aliphatic carboxylic acids is 1. The van der Waals surface area contributed by atoms with Crippen LogP contribution in [0.5, 0.6) is 0 Å². The molecule has 0 aliphatic carbocycles. The topological polar surface area (TPSA) is 118 Å². The molecule has 1 amide bonds. The predicted molar refractivity (Wildman–Crippen MR) is 82.5 cm³/mol. The summed E-state index contributed by atoms with van der Waals surface area (Å²) in [4.78, 5) is 26.3. The second kappa shape index (κ2) is 9.16. The van der Waals surface area contributed by atoms with E-state index in [2.05, 4.69) is 21.6 Å². The molecule has 112 valence electrons. The van der Waals surface area contributed by atoms with Gasteiger partial charge >= 0.3 is 5.97 Å². The molecule has 0 aliphatic rings. The number of nitrogens with two attached hydrogens (primary N) is 1. The van der Waals surface area contributed by atoms with Gasteiger partial charge in [-0.25, -0.2) is 0 Å². The van der Waals surface area contributed by atoms with Crippen LogP contribution in [0.4, 0.5) is 5.13 Å². The number of amides is 1. The number of carboxylic acid groups (broad SMARTS) is 1. The Kier molecular flexibility index (Phi) is 7.88. The molecule has 0 saturated heterocycles. The fourth-order valence-electron chi connectivity index (χ4n) is 1.02. The Bertz CT molecular complexity index is 455. The van der Waals surface area contributed by atoms with E-state index >= 15 is 0 Å². The minimum absolute atomic E-state index is 0.137. The Hall–Kier alpha value is -0.840. The van der Waals surface area contributed by atoms with Crippen molar-refractivity contribution in [3.05, 3.63) is 0 Å². The van der Waals surface area contributed by atoms with Crippen molar-refractivity contribution >= 4 is 52.1 Å². The third-order valence-corrected chi connectivity index (χ3v) is 4.80. The molecule has 4 N–H and O–H groups in total. The molecule has 1 aromatic heterocycles.